The van der Waals surface area contributed by atoms with Gasteiger partial charge < -0.3 is 19.9 Å². The predicted octanol–water partition coefficient (Wildman–Crippen LogP) is 5.72. The van der Waals surface area contributed by atoms with Gasteiger partial charge in [-0.15, -0.1) is 0 Å². The summed E-state index contributed by atoms with van der Waals surface area (Å²) in [6.07, 6.45) is -9.63. The van der Waals surface area contributed by atoms with E-state index in [1.54, 1.807) is 36.1 Å². The molecule has 6 nitrogen and oxygen atoms in total. The minimum atomic E-state index is -4.65. The minimum Gasteiger partial charge on any atom is -0.378 e. The molecule has 2 aliphatic heterocycles. The Balaban J connectivity index is 1.57. The van der Waals surface area contributed by atoms with Gasteiger partial charge in [-0.3, -0.25) is 0 Å². The first kappa shape index (κ1) is 26.1. The highest BCUT2D eigenvalue weighted by Crippen LogP contribution is 2.36. The molecular weight excluding hydrogens is 490 g/mol. The summed E-state index contributed by atoms with van der Waals surface area (Å²) >= 11 is 0. The number of hydrogen-bond acceptors (Lipinski definition) is 4. The fraction of sp³-hybridized carbons (Fsp3) is 0.500. The molecule has 12 heteroatoms. The molecular formula is C24H26F6N4O2. The van der Waals surface area contributed by atoms with Crippen molar-refractivity contribution in [3.63, 3.8) is 0 Å². The normalized spacial score (nSPS) is 19.0. The summed E-state index contributed by atoms with van der Waals surface area (Å²) < 4.78 is 84.3. The second-order valence-electron chi connectivity index (χ2n) is 9.08. The van der Waals surface area contributed by atoms with Gasteiger partial charge in [-0.1, -0.05) is 6.07 Å². The van der Waals surface area contributed by atoms with Crippen LogP contribution in [0.4, 0.5) is 42.6 Å². The number of pyridine rings is 1. The third kappa shape index (κ3) is 6.40. The zero-order valence-electron chi connectivity index (χ0n) is 19.5. The third-order valence-corrected chi connectivity index (χ3v) is 6.33. The number of anilines is 2. The molecule has 0 unspecified atom stereocenters. The standard InChI is InChI=1S/C24H26F6N4O2/c1-15-2-3-18(31-22(35)34-5-4-16(14-34)13-23(25,26)27)12-19(15)17-10-20(24(28,29)30)32-21(11-17)33-6-8-36-9-7-33/h2-3,10-12,16H,4-9,13-14H2,1H3,(H,31,35)/t16-/m0/s1. The Morgan fingerprint density at radius 1 is 1.08 bits per heavy atom. The highest BCUT2D eigenvalue weighted by Gasteiger charge is 2.37. The lowest BCUT2D eigenvalue weighted by atomic mass is 9.99. The molecule has 1 aromatic carbocycles. The number of amides is 2. The summed E-state index contributed by atoms with van der Waals surface area (Å²) in [5.41, 5.74) is 0.762. The highest BCUT2D eigenvalue weighted by molar-refractivity contribution is 5.90. The summed E-state index contributed by atoms with van der Waals surface area (Å²) in [6.45, 7) is 3.52. The topological polar surface area (TPSA) is 57.7 Å². The maximum atomic E-state index is 13.7. The number of rotatable bonds is 4. The molecule has 0 radical (unpaired) electrons. The molecule has 3 heterocycles. The molecule has 36 heavy (non-hydrogen) atoms. The zero-order valence-corrected chi connectivity index (χ0v) is 19.5. The van der Waals surface area contributed by atoms with Gasteiger partial charge in [0.15, 0.2) is 0 Å². The van der Waals surface area contributed by atoms with E-state index in [9.17, 15) is 31.1 Å². The van der Waals surface area contributed by atoms with Crippen LogP contribution in [0.25, 0.3) is 11.1 Å². The van der Waals surface area contributed by atoms with E-state index >= 15 is 0 Å². The lowest BCUT2D eigenvalue weighted by Crippen LogP contribution is -2.37. The Morgan fingerprint density at radius 2 is 1.81 bits per heavy atom. The summed E-state index contributed by atoms with van der Waals surface area (Å²) in [7, 11) is 0. The van der Waals surface area contributed by atoms with Crippen molar-refractivity contribution in [3.8, 4) is 11.1 Å². The Hall–Kier alpha value is -3.02. The quantitative estimate of drug-likeness (QED) is 0.529. The summed E-state index contributed by atoms with van der Waals surface area (Å²) in [5.74, 6) is -0.467. The average Bonchev–Trinajstić information content (AvgIpc) is 3.27. The third-order valence-electron chi connectivity index (χ3n) is 6.33. The second kappa shape index (κ2) is 10.2. The van der Waals surface area contributed by atoms with Crippen molar-refractivity contribution in [2.24, 2.45) is 5.92 Å². The molecule has 1 aromatic heterocycles. The average molecular weight is 516 g/mol. The Kier molecular flexibility index (Phi) is 7.35. The van der Waals surface area contributed by atoms with E-state index in [2.05, 4.69) is 10.3 Å². The number of aryl methyl sites for hydroxylation is 1. The van der Waals surface area contributed by atoms with Gasteiger partial charge in [-0.25, -0.2) is 9.78 Å². The van der Waals surface area contributed by atoms with E-state index in [1.165, 1.54) is 4.90 Å². The largest absolute Gasteiger partial charge is 0.433 e. The summed E-state index contributed by atoms with van der Waals surface area (Å²) in [6, 6.07) is 6.85. The number of morpholine rings is 1. The van der Waals surface area contributed by atoms with Gasteiger partial charge in [0.25, 0.3) is 0 Å². The van der Waals surface area contributed by atoms with Crippen LogP contribution >= 0.6 is 0 Å². The van der Waals surface area contributed by atoms with Gasteiger partial charge in [0.2, 0.25) is 0 Å². The van der Waals surface area contributed by atoms with Gasteiger partial charge >= 0.3 is 18.4 Å². The molecule has 2 amide bonds. The van der Waals surface area contributed by atoms with Crippen molar-refractivity contribution in [2.75, 3.05) is 49.6 Å². The van der Waals surface area contributed by atoms with Gasteiger partial charge in [0, 0.05) is 38.3 Å². The molecule has 2 saturated heterocycles. The zero-order chi connectivity index (χ0) is 26.1. The monoisotopic (exact) mass is 516 g/mol. The number of halogens is 6. The molecule has 0 bridgehead atoms. The number of carbonyl (C=O) groups excluding carboxylic acids is 1. The van der Waals surface area contributed by atoms with Crippen LogP contribution in [0.5, 0.6) is 0 Å². The summed E-state index contributed by atoms with van der Waals surface area (Å²) in [5, 5.41) is 2.67. The molecule has 196 valence electrons. The fourth-order valence-corrected chi connectivity index (χ4v) is 4.50. The molecule has 2 aliphatic rings. The molecule has 0 aliphatic carbocycles. The van der Waals surface area contributed by atoms with Gasteiger partial charge in [-0.2, -0.15) is 26.3 Å². The Bertz CT molecular complexity index is 1100. The highest BCUT2D eigenvalue weighted by atomic mass is 19.4. The lowest BCUT2D eigenvalue weighted by Gasteiger charge is -2.29. The van der Waals surface area contributed by atoms with Crippen LogP contribution in [-0.2, 0) is 10.9 Å². The number of urea groups is 1. The maximum Gasteiger partial charge on any atom is 0.433 e. The first-order valence-electron chi connectivity index (χ1n) is 11.5. The van der Waals surface area contributed by atoms with E-state index in [-0.39, 0.29) is 25.3 Å². The van der Waals surface area contributed by atoms with E-state index in [0.717, 1.165) is 6.07 Å². The SMILES string of the molecule is Cc1ccc(NC(=O)N2CC[C@@H](CC(F)(F)F)C2)cc1-c1cc(N2CCOCC2)nc(C(F)(F)F)c1. The van der Waals surface area contributed by atoms with E-state index < -0.39 is 36.4 Å². The van der Waals surface area contributed by atoms with Crippen molar-refractivity contribution >= 4 is 17.5 Å². The molecule has 1 N–H and O–H groups in total. The van der Waals surface area contributed by atoms with Crippen molar-refractivity contribution in [3.05, 3.63) is 41.6 Å². The molecule has 0 spiro atoms. The van der Waals surface area contributed by atoms with E-state index in [1.807, 2.05) is 0 Å². The number of aromatic nitrogens is 1. The van der Waals surface area contributed by atoms with Crippen molar-refractivity contribution < 1.29 is 35.9 Å². The molecule has 1 atom stereocenters. The number of alkyl halides is 6. The smallest absolute Gasteiger partial charge is 0.378 e. The second-order valence-corrected chi connectivity index (χ2v) is 9.08. The Morgan fingerprint density at radius 3 is 2.47 bits per heavy atom. The van der Waals surface area contributed by atoms with Gasteiger partial charge in [-0.05, 0) is 60.2 Å². The van der Waals surface area contributed by atoms with E-state index in [0.29, 0.717) is 48.7 Å². The predicted molar refractivity (Wildman–Crippen MR) is 122 cm³/mol. The minimum absolute atomic E-state index is 0.00767. The number of hydrogen-bond donors (Lipinski definition) is 1. The lowest BCUT2D eigenvalue weighted by molar-refractivity contribution is -0.143. The first-order chi connectivity index (χ1) is 16.9. The first-order valence-corrected chi connectivity index (χ1v) is 11.5. The van der Waals surface area contributed by atoms with Crippen LogP contribution in [0, 0.1) is 12.8 Å². The Labute approximate surface area is 204 Å². The number of ether oxygens (including phenoxy) is 1. The number of nitrogens with one attached hydrogen (secondary N) is 1. The molecule has 4 rings (SSSR count). The summed E-state index contributed by atoms with van der Waals surface area (Å²) in [4.78, 5) is 19.5. The number of carbonyl (C=O) groups is 1. The van der Waals surface area contributed by atoms with Crippen LogP contribution in [0.2, 0.25) is 0 Å². The van der Waals surface area contributed by atoms with Crippen molar-refractivity contribution in [2.45, 2.75) is 32.1 Å². The van der Waals surface area contributed by atoms with Crippen LogP contribution in [0.3, 0.4) is 0 Å². The fourth-order valence-electron chi connectivity index (χ4n) is 4.50. The molecule has 0 saturated carbocycles. The molecule has 2 aromatic rings. The maximum absolute atomic E-state index is 13.7. The van der Waals surface area contributed by atoms with Crippen LogP contribution < -0.4 is 10.2 Å². The number of benzene rings is 1. The van der Waals surface area contributed by atoms with Crippen LogP contribution in [0.15, 0.2) is 30.3 Å². The van der Waals surface area contributed by atoms with Crippen molar-refractivity contribution in [1.29, 1.82) is 0 Å². The van der Waals surface area contributed by atoms with Crippen LogP contribution in [-0.4, -0.2) is 61.5 Å². The number of nitrogens with zero attached hydrogens (tertiary/aromatic N) is 3. The van der Waals surface area contributed by atoms with E-state index in [4.69, 9.17) is 4.74 Å². The van der Waals surface area contributed by atoms with Crippen LogP contribution in [0.1, 0.15) is 24.1 Å². The molecule has 2 fully saturated rings. The van der Waals surface area contributed by atoms with Crippen molar-refractivity contribution in [1.82, 2.24) is 9.88 Å². The van der Waals surface area contributed by atoms with Gasteiger partial charge in [0.1, 0.15) is 11.5 Å². The number of likely N-dealkylation sites (tertiary alicyclic amines) is 1. The van der Waals surface area contributed by atoms with Gasteiger partial charge in [0.05, 0.1) is 13.2 Å².